The van der Waals surface area contributed by atoms with Crippen LogP contribution in [0.5, 0.6) is 0 Å². The molecule has 2 heterocycles. The van der Waals surface area contributed by atoms with Crippen LogP contribution in [0.15, 0.2) is 54.6 Å². The van der Waals surface area contributed by atoms with Gasteiger partial charge in [0, 0.05) is 18.6 Å². The number of alkyl halides is 3. The van der Waals surface area contributed by atoms with Gasteiger partial charge in [-0.3, -0.25) is 4.90 Å². The Hall–Kier alpha value is -2.07. The maximum absolute atomic E-state index is 13.2. The van der Waals surface area contributed by atoms with Gasteiger partial charge >= 0.3 is 6.18 Å². The molecule has 2 aliphatic heterocycles. The number of benzene rings is 2. The monoisotopic (exact) mass is 371 g/mol. The van der Waals surface area contributed by atoms with E-state index in [9.17, 15) is 13.2 Å². The third-order valence-corrected chi connectivity index (χ3v) is 5.90. The van der Waals surface area contributed by atoms with E-state index in [1.54, 1.807) is 6.07 Å². The van der Waals surface area contributed by atoms with E-state index in [0.29, 0.717) is 12.1 Å². The van der Waals surface area contributed by atoms with Crippen LogP contribution in [0.25, 0.3) is 5.57 Å². The third-order valence-electron chi connectivity index (χ3n) is 5.90. The molecule has 0 aromatic heterocycles. The zero-order valence-corrected chi connectivity index (χ0v) is 15.5. The van der Waals surface area contributed by atoms with Crippen molar-refractivity contribution in [1.29, 1.82) is 0 Å². The average molecular weight is 371 g/mol. The molecule has 2 aromatic carbocycles. The number of halogens is 3. The SMILES string of the molecule is Cc1ccc(C(F)(F)F)cc1C1=CC2CCCC(C1)N2Cc1ccccc1. The summed E-state index contributed by atoms with van der Waals surface area (Å²) in [7, 11) is 0. The molecule has 2 aromatic rings. The number of aryl methyl sites for hydroxylation is 1. The first-order valence-corrected chi connectivity index (χ1v) is 9.60. The molecule has 1 saturated heterocycles. The molecule has 2 bridgehead atoms. The Morgan fingerprint density at radius 1 is 1.04 bits per heavy atom. The number of hydrogen-bond acceptors (Lipinski definition) is 1. The summed E-state index contributed by atoms with van der Waals surface area (Å²) in [5.74, 6) is 0. The highest BCUT2D eigenvalue weighted by Gasteiger charge is 2.35. The van der Waals surface area contributed by atoms with Gasteiger partial charge in [0.2, 0.25) is 0 Å². The fraction of sp³-hybridized carbons (Fsp3) is 0.391. The van der Waals surface area contributed by atoms with E-state index in [2.05, 4.69) is 35.2 Å². The molecule has 0 amide bonds. The predicted octanol–water partition coefficient (Wildman–Crippen LogP) is 6.22. The maximum Gasteiger partial charge on any atom is 0.416 e. The smallest absolute Gasteiger partial charge is 0.289 e. The number of piperidine rings is 1. The van der Waals surface area contributed by atoms with Crippen LogP contribution in [0.1, 0.15) is 47.9 Å². The molecule has 4 heteroatoms. The van der Waals surface area contributed by atoms with Crippen molar-refractivity contribution in [2.45, 2.75) is 57.4 Å². The first-order chi connectivity index (χ1) is 12.9. The minimum atomic E-state index is -4.30. The Morgan fingerprint density at radius 3 is 2.52 bits per heavy atom. The molecule has 0 saturated carbocycles. The van der Waals surface area contributed by atoms with Gasteiger partial charge in [-0.05, 0) is 60.6 Å². The average Bonchev–Trinajstić information content (AvgIpc) is 2.62. The van der Waals surface area contributed by atoms with Crippen molar-refractivity contribution in [2.24, 2.45) is 0 Å². The lowest BCUT2D eigenvalue weighted by atomic mass is 9.81. The Labute approximate surface area is 158 Å². The van der Waals surface area contributed by atoms with Crippen molar-refractivity contribution in [2.75, 3.05) is 0 Å². The maximum atomic E-state index is 13.2. The van der Waals surface area contributed by atoms with Crippen molar-refractivity contribution in [3.05, 3.63) is 76.9 Å². The number of hydrogen-bond donors (Lipinski definition) is 0. The van der Waals surface area contributed by atoms with Crippen LogP contribution in [0, 0.1) is 6.92 Å². The number of rotatable bonds is 3. The van der Waals surface area contributed by atoms with Crippen LogP contribution < -0.4 is 0 Å². The van der Waals surface area contributed by atoms with E-state index in [1.165, 1.54) is 24.1 Å². The molecule has 0 aliphatic carbocycles. The van der Waals surface area contributed by atoms with E-state index < -0.39 is 11.7 Å². The van der Waals surface area contributed by atoms with Crippen molar-refractivity contribution in [3.63, 3.8) is 0 Å². The van der Waals surface area contributed by atoms with Gasteiger partial charge in [-0.2, -0.15) is 13.2 Å². The van der Waals surface area contributed by atoms with Gasteiger partial charge < -0.3 is 0 Å². The summed E-state index contributed by atoms with van der Waals surface area (Å²) in [5.41, 5.74) is 3.50. The molecule has 27 heavy (non-hydrogen) atoms. The first-order valence-electron chi connectivity index (χ1n) is 9.60. The number of fused-ring (bicyclic) bond motifs is 2. The van der Waals surface area contributed by atoms with Gasteiger partial charge in [-0.15, -0.1) is 0 Å². The van der Waals surface area contributed by atoms with E-state index >= 15 is 0 Å². The Morgan fingerprint density at radius 2 is 1.81 bits per heavy atom. The van der Waals surface area contributed by atoms with Crippen LogP contribution in [0.3, 0.4) is 0 Å². The molecule has 2 aliphatic rings. The highest BCUT2D eigenvalue weighted by Crippen LogP contribution is 2.40. The molecule has 0 N–H and O–H groups in total. The van der Waals surface area contributed by atoms with Gasteiger partial charge in [0.25, 0.3) is 0 Å². The second kappa shape index (κ2) is 7.16. The summed E-state index contributed by atoms with van der Waals surface area (Å²) in [6, 6.07) is 15.3. The second-order valence-electron chi connectivity index (χ2n) is 7.73. The molecule has 1 nitrogen and oxygen atoms in total. The Bertz CT molecular complexity index is 838. The standard InChI is InChI=1S/C23H24F3N/c1-16-10-11-19(23(24,25)26)14-22(16)18-12-20-8-5-9-21(13-18)27(20)15-17-6-3-2-4-7-17/h2-4,6-7,10-12,14,20-21H,5,8-9,13,15H2,1H3. The normalized spacial score (nSPS) is 23.2. The lowest BCUT2D eigenvalue weighted by Crippen LogP contribution is -2.47. The van der Waals surface area contributed by atoms with Gasteiger partial charge in [-0.1, -0.05) is 48.9 Å². The van der Waals surface area contributed by atoms with E-state index in [0.717, 1.165) is 42.5 Å². The molecule has 2 atom stereocenters. The summed E-state index contributed by atoms with van der Waals surface area (Å²) in [5, 5.41) is 0. The van der Waals surface area contributed by atoms with Crippen molar-refractivity contribution < 1.29 is 13.2 Å². The lowest BCUT2D eigenvalue weighted by Gasteiger charge is -2.45. The van der Waals surface area contributed by atoms with Gasteiger partial charge in [0.05, 0.1) is 5.56 Å². The van der Waals surface area contributed by atoms with Crippen LogP contribution in [0.2, 0.25) is 0 Å². The van der Waals surface area contributed by atoms with Crippen molar-refractivity contribution in [1.82, 2.24) is 4.90 Å². The third kappa shape index (κ3) is 3.81. The van der Waals surface area contributed by atoms with Crippen LogP contribution in [0.4, 0.5) is 13.2 Å². The summed E-state index contributed by atoms with van der Waals surface area (Å²) in [6.07, 6.45) is 2.12. The van der Waals surface area contributed by atoms with E-state index in [4.69, 9.17) is 0 Å². The molecule has 0 radical (unpaired) electrons. The highest BCUT2D eigenvalue weighted by atomic mass is 19.4. The van der Waals surface area contributed by atoms with E-state index in [-0.39, 0.29) is 0 Å². The molecule has 4 rings (SSSR count). The Balaban J connectivity index is 1.65. The summed E-state index contributed by atoms with van der Waals surface area (Å²) in [4.78, 5) is 2.53. The van der Waals surface area contributed by atoms with Crippen LogP contribution in [-0.4, -0.2) is 17.0 Å². The lowest BCUT2D eigenvalue weighted by molar-refractivity contribution is -0.137. The molecule has 2 unspecified atom stereocenters. The predicted molar refractivity (Wildman–Crippen MR) is 102 cm³/mol. The van der Waals surface area contributed by atoms with Crippen LogP contribution in [-0.2, 0) is 12.7 Å². The Kier molecular flexibility index (Phi) is 4.85. The quantitative estimate of drug-likeness (QED) is 0.619. The molecular formula is C23H24F3N. The highest BCUT2D eigenvalue weighted by molar-refractivity contribution is 5.71. The van der Waals surface area contributed by atoms with Gasteiger partial charge in [0.15, 0.2) is 0 Å². The summed E-state index contributed by atoms with van der Waals surface area (Å²) < 4.78 is 39.5. The molecule has 0 spiro atoms. The summed E-state index contributed by atoms with van der Waals surface area (Å²) in [6.45, 7) is 2.81. The number of nitrogens with zero attached hydrogens (tertiary/aromatic N) is 1. The van der Waals surface area contributed by atoms with Crippen molar-refractivity contribution >= 4 is 5.57 Å². The topological polar surface area (TPSA) is 3.24 Å². The summed E-state index contributed by atoms with van der Waals surface area (Å²) >= 11 is 0. The first kappa shape index (κ1) is 18.3. The zero-order chi connectivity index (χ0) is 19.0. The second-order valence-corrected chi connectivity index (χ2v) is 7.73. The molecule has 1 fully saturated rings. The van der Waals surface area contributed by atoms with Crippen LogP contribution >= 0.6 is 0 Å². The minimum Gasteiger partial charge on any atom is -0.289 e. The zero-order valence-electron chi connectivity index (χ0n) is 15.5. The van der Waals surface area contributed by atoms with E-state index in [1.807, 2.05) is 13.0 Å². The fourth-order valence-electron chi connectivity index (χ4n) is 4.50. The van der Waals surface area contributed by atoms with Gasteiger partial charge in [-0.25, -0.2) is 0 Å². The largest absolute Gasteiger partial charge is 0.416 e. The van der Waals surface area contributed by atoms with Crippen molar-refractivity contribution in [3.8, 4) is 0 Å². The minimum absolute atomic E-state index is 0.307. The molecular weight excluding hydrogens is 347 g/mol. The molecule has 142 valence electrons. The fourth-order valence-corrected chi connectivity index (χ4v) is 4.50. The van der Waals surface area contributed by atoms with Gasteiger partial charge in [0.1, 0.15) is 0 Å².